The molecule has 214 valence electrons. The second-order valence-corrected chi connectivity index (χ2v) is 14.0. The molecule has 0 unspecified atom stereocenters. The lowest BCUT2D eigenvalue weighted by molar-refractivity contribution is -0.215. The second-order valence-electron chi connectivity index (χ2n) is 14.0. The standard InChI is InChI=1S/C33H37FN4O3/c1-40-26-8-7-24(17-35-26)23-3-2-4-25(15-23)38(27(39)16-31-18-33(34,19-31)20-31)21-30-9-12-32(13-10-30,14-11-30)29-36-28(37-41-29)22-5-6-22/h2-4,7-8,15,17,22H,5-6,9-14,16,18-21H2,1H3. The van der Waals surface area contributed by atoms with E-state index in [1.807, 2.05) is 29.2 Å². The van der Waals surface area contributed by atoms with Crippen LogP contribution in [0.2, 0.25) is 0 Å². The third-order valence-electron chi connectivity index (χ3n) is 11.1. The number of halogens is 1. The molecule has 0 N–H and O–H groups in total. The number of nitrogens with zero attached hydrogens (tertiary/aromatic N) is 4. The van der Waals surface area contributed by atoms with Gasteiger partial charge >= 0.3 is 0 Å². The highest BCUT2D eigenvalue weighted by Gasteiger charge is 2.69. The van der Waals surface area contributed by atoms with Crippen LogP contribution < -0.4 is 9.64 Å². The van der Waals surface area contributed by atoms with Crippen LogP contribution in [0.1, 0.15) is 94.7 Å². The van der Waals surface area contributed by atoms with Crippen LogP contribution in [0.3, 0.4) is 0 Å². The lowest BCUT2D eigenvalue weighted by atomic mass is 9.41. The van der Waals surface area contributed by atoms with Crippen molar-refractivity contribution in [3.8, 4) is 17.0 Å². The Hall–Kier alpha value is -3.29. The first-order valence-electron chi connectivity index (χ1n) is 15.2. The quantitative estimate of drug-likeness (QED) is 0.284. The Balaban J connectivity index is 1.05. The van der Waals surface area contributed by atoms with Crippen molar-refractivity contribution in [3.63, 3.8) is 0 Å². The molecular formula is C33H37FN4O3. The van der Waals surface area contributed by atoms with Gasteiger partial charge in [-0.2, -0.15) is 4.98 Å². The van der Waals surface area contributed by atoms with Gasteiger partial charge in [-0.25, -0.2) is 9.37 Å². The Morgan fingerprint density at radius 3 is 2.41 bits per heavy atom. The van der Waals surface area contributed by atoms with Crippen molar-refractivity contribution in [2.24, 2.45) is 10.8 Å². The van der Waals surface area contributed by atoms with Crippen LogP contribution in [-0.2, 0) is 10.2 Å². The van der Waals surface area contributed by atoms with Gasteiger partial charge in [-0.1, -0.05) is 17.3 Å². The van der Waals surface area contributed by atoms with Crippen molar-refractivity contribution >= 4 is 11.6 Å². The van der Waals surface area contributed by atoms with Gasteiger partial charge in [0.2, 0.25) is 17.7 Å². The SMILES string of the molecule is COc1ccc(-c2cccc(N(CC34CCC(c5nc(C6CC6)no5)(CC3)CC4)C(=O)CC34CC(F)(C3)C4)c2)cn1. The molecule has 1 amide bonds. The first-order chi connectivity index (χ1) is 19.8. The normalized spacial score (nSPS) is 33.1. The van der Waals surface area contributed by atoms with Crippen LogP contribution in [0.15, 0.2) is 47.1 Å². The number of carbonyl (C=O) groups is 1. The minimum absolute atomic E-state index is 0.0146. The molecule has 1 aromatic carbocycles. The molecule has 8 heteroatoms. The molecule has 4 bridgehead atoms. The van der Waals surface area contributed by atoms with Gasteiger partial charge in [0, 0.05) is 47.8 Å². The van der Waals surface area contributed by atoms with Crippen LogP contribution in [0.4, 0.5) is 10.1 Å². The number of anilines is 1. The molecule has 7 aliphatic rings. The second kappa shape index (κ2) is 8.85. The van der Waals surface area contributed by atoms with Gasteiger partial charge in [0.25, 0.3) is 0 Å². The Kier molecular flexibility index (Phi) is 5.49. The number of hydrogen-bond donors (Lipinski definition) is 0. The predicted octanol–water partition coefficient (Wildman–Crippen LogP) is 6.93. The fourth-order valence-electron chi connectivity index (χ4n) is 8.43. The summed E-state index contributed by atoms with van der Waals surface area (Å²) in [4.78, 5) is 25.3. The Morgan fingerprint density at radius 2 is 1.78 bits per heavy atom. The van der Waals surface area contributed by atoms with Gasteiger partial charge in [0.1, 0.15) is 5.67 Å². The molecule has 7 aliphatic carbocycles. The fourth-order valence-corrected chi connectivity index (χ4v) is 8.43. The Labute approximate surface area is 239 Å². The maximum atomic E-state index is 14.3. The van der Waals surface area contributed by atoms with E-state index >= 15 is 0 Å². The highest BCUT2D eigenvalue weighted by atomic mass is 19.1. The third kappa shape index (κ3) is 4.28. The highest BCUT2D eigenvalue weighted by molar-refractivity contribution is 5.95. The summed E-state index contributed by atoms with van der Waals surface area (Å²) in [5.74, 6) is 2.92. The summed E-state index contributed by atoms with van der Waals surface area (Å²) in [7, 11) is 1.61. The smallest absolute Gasteiger partial charge is 0.232 e. The molecule has 3 aromatic rings. The van der Waals surface area contributed by atoms with Crippen LogP contribution in [0, 0.1) is 10.8 Å². The van der Waals surface area contributed by atoms with E-state index in [0.29, 0.717) is 44.0 Å². The average Bonchev–Trinajstić information content (AvgIpc) is 3.71. The maximum absolute atomic E-state index is 14.3. The van der Waals surface area contributed by atoms with E-state index in [0.717, 1.165) is 67.1 Å². The summed E-state index contributed by atoms with van der Waals surface area (Å²) >= 11 is 0. The summed E-state index contributed by atoms with van der Waals surface area (Å²) in [6.45, 7) is 0.695. The van der Waals surface area contributed by atoms with Gasteiger partial charge in [-0.05, 0) is 105 Å². The number of benzene rings is 1. The molecule has 0 spiro atoms. The maximum Gasteiger partial charge on any atom is 0.232 e. The van der Waals surface area contributed by atoms with E-state index in [1.165, 1.54) is 12.8 Å². The number of alkyl halides is 1. The van der Waals surface area contributed by atoms with Crippen molar-refractivity contribution < 1.29 is 18.4 Å². The monoisotopic (exact) mass is 556 g/mol. The van der Waals surface area contributed by atoms with E-state index in [9.17, 15) is 9.18 Å². The average molecular weight is 557 g/mol. The molecule has 10 rings (SSSR count). The number of ether oxygens (including phenoxy) is 1. The van der Waals surface area contributed by atoms with E-state index < -0.39 is 5.67 Å². The van der Waals surface area contributed by atoms with E-state index in [4.69, 9.17) is 14.2 Å². The van der Waals surface area contributed by atoms with Crippen molar-refractivity contribution in [2.75, 3.05) is 18.6 Å². The molecule has 0 radical (unpaired) electrons. The largest absolute Gasteiger partial charge is 0.481 e. The number of methoxy groups -OCH3 is 1. The summed E-state index contributed by atoms with van der Waals surface area (Å²) in [5, 5.41) is 4.31. The van der Waals surface area contributed by atoms with Crippen molar-refractivity contribution in [1.29, 1.82) is 0 Å². The summed E-state index contributed by atoms with van der Waals surface area (Å²) in [6.07, 6.45) is 12.4. The van der Waals surface area contributed by atoms with Gasteiger partial charge in [-0.15, -0.1) is 0 Å². The molecule has 7 nitrogen and oxygen atoms in total. The van der Waals surface area contributed by atoms with Crippen molar-refractivity contribution in [2.45, 2.75) is 94.1 Å². The fraction of sp³-hybridized carbons (Fsp3) is 0.576. The Bertz CT molecular complexity index is 1450. The van der Waals surface area contributed by atoms with Crippen molar-refractivity contribution in [1.82, 2.24) is 15.1 Å². The number of fused-ring (bicyclic) bond motifs is 3. The van der Waals surface area contributed by atoms with Crippen LogP contribution in [0.5, 0.6) is 5.88 Å². The molecule has 2 aromatic heterocycles. The van der Waals surface area contributed by atoms with Crippen molar-refractivity contribution in [3.05, 3.63) is 54.3 Å². The minimum Gasteiger partial charge on any atom is -0.481 e. The summed E-state index contributed by atoms with van der Waals surface area (Å²) in [6, 6.07) is 12.1. The number of carbonyl (C=O) groups excluding carboxylic acids is 1. The molecule has 41 heavy (non-hydrogen) atoms. The molecule has 7 fully saturated rings. The number of amides is 1. The molecule has 7 saturated carbocycles. The zero-order chi connectivity index (χ0) is 27.9. The van der Waals surface area contributed by atoms with Crippen LogP contribution in [0.25, 0.3) is 11.1 Å². The molecule has 0 saturated heterocycles. The third-order valence-corrected chi connectivity index (χ3v) is 11.1. The zero-order valence-corrected chi connectivity index (χ0v) is 23.7. The first-order valence-corrected chi connectivity index (χ1v) is 15.2. The van der Waals surface area contributed by atoms with Gasteiger partial charge in [-0.3, -0.25) is 4.79 Å². The lowest BCUT2D eigenvalue weighted by Crippen LogP contribution is -2.65. The first kappa shape index (κ1) is 25.4. The topological polar surface area (TPSA) is 81.4 Å². The van der Waals surface area contributed by atoms with E-state index in [1.54, 1.807) is 13.3 Å². The number of pyridine rings is 1. The van der Waals surface area contributed by atoms with Crippen LogP contribution in [-0.4, -0.2) is 40.4 Å². The highest BCUT2D eigenvalue weighted by Crippen LogP contribution is 2.71. The molecule has 0 aliphatic heterocycles. The van der Waals surface area contributed by atoms with Gasteiger partial charge in [0.05, 0.1) is 7.11 Å². The van der Waals surface area contributed by atoms with E-state index in [-0.39, 0.29) is 22.2 Å². The van der Waals surface area contributed by atoms with Gasteiger partial charge in [0.15, 0.2) is 5.82 Å². The van der Waals surface area contributed by atoms with Crippen LogP contribution >= 0.6 is 0 Å². The molecule has 0 atom stereocenters. The summed E-state index contributed by atoms with van der Waals surface area (Å²) in [5.41, 5.74) is 1.80. The molecular weight excluding hydrogens is 519 g/mol. The number of hydrogen-bond acceptors (Lipinski definition) is 6. The lowest BCUT2D eigenvalue weighted by Gasteiger charge is -2.66. The number of rotatable bonds is 9. The predicted molar refractivity (Wildman–Crippen MR) is 151 cm³/mol. The molecule has 2 heterocycles. The zero-order valence-electron chi connectivity index (χ0n) is 23.7. The Morgan fingerprint density at radius 1 is 1.02 bits per heavy atom. The van der Waals surface area contributed by atoms with Gasteiger partial charge < -0.3 is 14.2 Å². The number of aromatic nitrogens is 3. The minimum atomic E-state index is -1.00. The summed E-state index contributed by atoms with van der Waals surface area (Å²) < 4.78 is 25.4. The van der Waals surface area contributed by atoms with E-state index in [2.05, 4.69) is 22.3 Å².